The van der Waals surface area contributed by atoms with Gasteiger partial charge >= 0.3 is 5.97 Å². The topological polar surface area (TPSA) is 96.9 Å². The molecule has 0 bridgehead atoms. The molecule has 2 amide bonds. The third kappa shape index (κ3) is 6.33. The van der Waals surface area contributed by atoms with Gasteiger partial charge in [0.2, 0.25) is 0 Å². The highest BCUT2D eigenvalue weighted by Crippen LogP contribution is 2.34. The van der Waals surface area contributed by atoms with Crippen molar-refractivity contribution in [3.8, 4) is 5.75 Å². The summed E-state index contributed by atoms with van der Waals surface area (Å²) < 4.78 is 7.10. The summed E-state index contributed by atoms with van der Waals surface area (Å²) >= 11 is 10.9. The Morgan fingerprint density at radius 3 is 2.43 bits per heavy atom. The quantitative estimate of drug-likeness (QED) is 0.134. The molecule has 10 heteroatoms. The summed E-state index contributed by atoms with van der Waals surface area (Å²) in [5.41, 5.74) is 3.46. The van der Waals surface area contributed by atoms with E-state index in [2.05, 4.69) is 31.8 Å². The molecule has 1 aromatic heterocycles. The Kier molecular flexibility index (Phi) is 7.91. The van der Waals surface area contributed by atoms with Gasteiger partial charge in [0.25, 0.3) is 11.8 Å². The molecule has 4 aromatic rings. The first-order valence-corrected chi connectivity index (χ1v) is 12.2. The van der Waals surface area contributed by atoms with Crippen LogP contribution in [-0.2, 0) is 4.79 Å². The van der Waals surface area contributed by atoms with Crippen LogP contribution in [0.2, 0.25) is 5.02 Å². The number of esters is 1. The van der Waals surface area contributed by atoms with E-state index in [9.17, 15) is 14.4 Å². The van der Waals surface area contributed by atoms with Crippen LogP contribution in [0.3, 0.4) is 0 Å². The number of hydrazone groups is 1. The van der Waals surface area contributed by atoms with Gasteiger partial charge in [-0.25, -0.2) is 10.2 Å². The largest absolute Gasteiger partial charge is 0.423 e. The molecule has 1 heterocycles. The van der Waals surface area contributed by atoms with Gasteiger partial charge in [0.05, 0.1) is 23.3 Å². The zero-order valence-electron chi connectivity index (χ0n) is 18.0. The molecule has 0 radical (unpaired) electrons. The number of nitrogens with zero attached hydrogens (tertiary/aromatic N) is 1. The standard InChI is InChI=1S/C25H17BrClN3O4S/c26-17-9-7-16(8-10-17)25(33)34-18-11-5-15(6-12-18)13-29-30-21(31)14-28-24(32)23-22(27)19-3-1-2-4-20(19)35-23/h1-13H,14H2,(H,28,32)(H,30,31). The molecule has 0 aliphatic heterocycles. The Hall–Kier alpha value is -3.53. The summed E-state index contributed by atoms with van der Waals surface area (Å²) in [7, 11) is 0. The SMILES string of the molecule is O=C(CNC(=O)c1sc2ccccc2c1Cl)NN=Cc1ccc(OC(=O)c2ccc(Br)cc2)cc1. The molecule has 176 valence electrons. The van der Waals surface area contributed by atoms with Crippen LogP contribution in [0.5, 0.6) is 5.75 Å². The molecule has 0 spiro atoms. The summed E-state index contributed by atoms with van der Waals surface area (Å²) in [5.74, 6) is -1.01. The number of carbonyl (C=O) groups excluding carboxylic acids is 3. The first-order valence-electron chi connectivity index (χ1n) is 10.3. The molecule has 4 rings (SSSR count). The highest BCUT2D eigenvalue weighted by Gasteiger charge is 2.17. The van der Waals surface area contributed by atoms with Crippen molar-refractivity contribution in [2.45, 2.75) is 0 Å². The molecule has 0 unspecified atom stereocenters. The maximum absolute atomic E-state index is 12.4. The van der Waals surface area contributed by atoms with Crippen molar-refractivity contribution in [1.29, 1.82) is 0 Å². The van der Waals surface area contributed by atoms with Crippen LogP contribution in [-0.4, -0.2) is 30.5 Å². The second-order valence-corrected chi connectivity index (χ2v) is 9.53. The van der Waals surface area contributed by atoms with E-state index in [1.807, 2.05) is 24.3 Å². The van der Waals surface area contributed by atoms with Gasteiger partial charge < -0.3 is 10.1 Å². The van der Waals surface area contributed by atoms with E-state index in [1.54, 1.807) is 48.5 Å². The number of halogens is 2. The molecule has 0 aliphatic rings. The molecule has 0 saturated heterocycles. The molecule has 0 atom stereocenters. The van der Waals surface area contributed by atoms with Gasteiger partial charge in [-0.3, -0.25) is 9.59 Å². The Morgan fingerprint density at radius 2 is 1.71 bits per heavy atom. The summed E-state index contributed by atoms with van der Waals surface area (Å²) in [4.78, 5) is 37.0. The van der Waals surface area contributed by atoms with Gasteiger partial charge in [0.15, 0.2) is 0 Å². The maximum atomic E-state index is 12.4. The van der Waals surface area contributed by atoms with Crippen LogP contribution >= 0.6 is 38.9 Å². The number of carbonyl (C=O) groups is 3. The lowest BCUT2D eigenvalue weighted by Gasteiger charge is -2.05. The van der Waals surface area contributed by atoms with Gasteiger partial charge in [-0.2, -0.15) is 5.10 Å². The van der Waals surface area contributed by atoms with Crippen LogP contribution < -0.4 is 15.5 Å². The molecule has 35 heavy (non-hydrogen) atoms. The fraction of sp³-hybridized carbons (Fsp3) is 0.0400. The van der Waals surface area contributed by atoms with Crippen molar-refractivity contribution >= 4 is 73.0 Å². The Balaban J connectivity index is 1.25. The third-order valence-electron chi connectivity index (χ3n) is 4.72. The van der Waals surface area contributed by atoms with Gasteiger partial charge in [0, 0.05) is 14.6 Å². The Morgan fingerprint density at radius 1 is 1.00 bits per heavy atom. The molecule has 2 N–H and O–H groups in total. The first-order chi connectivity index (χ1) is 16.9. The highest BCUT2D eigenvalue weighted by atomic mass is 79.9. The number of ether oxygens (including phenoxy) is 1. The zero-order valence-corrected chi connectivity index (χ0v) is 21.1. The minimum absolute atomic E-state index is 0.258. The number of benzene rings is 3. The van der Waals surface area contributed by atoms with Crippen molar-refractivity contribution in [2.75, 3.05) is 6.54 Å². The minimum Gasteiger partial charge on any atom is -0.423 e. The number of hydrogen-bond acceptors (Lipinski definition) is 6. The fourth-order valence-electron chi connectivity index (χ4n) is 2.99. The van der Waals surface area contributed by atoms with Gasteiger partial charge in [-0.15, -0.1) is 11.3 Å². The van der Waals surface area contributed by atoms with Crippen LogP contribution in [0.4, 0.5) is 0 Å². The van der Waals surface area contributed by atoms with Crippen molar-refractivity contribution in [3.05, 3.63) is 98.3 Å². The summed E-state index contributed by atoms with van der Waals surface area (Å²) in [6, 6.07) is 20.9. The normalized spacial score (nSPS) is 10.9. The van der Waals surface area contributed by atoms with E-state index in [4.69, 9.17) is 16.3 Å². The molecule has 7 nitrogen and oxygen atoms in total. The van der Waals surface area contributed by atoms with Crippen molar-refractivity contribution < 1.29 is 19.1 Å². The van der Waals surface area contributed by atoms with Crippen LogP contribution in [0.1, 0.15) is 25.6 Å². The second kappa shape index (κ2) is 11.3. The summed E-state index contributed by atoms with van der Waals surface area (Å²) in [6.07, 6.45) is 1.43. The average molecular weight is 571 g/mol. The van der Waals surface area contributed by atoms with Crippen molar-refractivity contribution in [3.63, 3.8) is 0 Å². The maximum Gasteiger partial charge on any atom is 0.343 e. The molecular formula is C25H17BrClN3O4S. The average Bonchev–Trinajstić information content (AvgIpc) is 3.20. The molecule has 0 aliphatic carbocycles. The van der Waals surface area contributed by atoms with Gasteiger partial charge in [0.1, 0.15) is 10.6 Å². The number of fused-ring (bicyclic) bond motifs is 1. The molecular weight excluding hydrogens is 554 g/mol. The number of hydrogen-bond donors (Lipinski definition) is 2. The zero-order chi connectivity index (χ0) is 24.8. The molecule has 0 fully saturated rings. The van der Waals surface area contributed by atoms with E-state index in [0.717, 1.165) is 14.6 Å². The van der Waals surface area contributed by atoms with Gasteiger partial charge in [-0.05, 0) is 60.2 Å². The van der Waals surface area contributed by atoms with E-state index >= 15 is 0 Å². The Bertz CT molecular complexity index is 1420. The Labute approximate surface area is 217 Å². The smallest absolute Gasteiger partial charge is 0.343 e. The van der Waals surface area contributed by atoms with Crippen LogP contribution in [0.15, 0.2) is 82.4 Å². The van der Waals surface area contributed by atoms with Crippen molar-refractivity contribution in [2.24, 2.45) is 5.10 Å². The number of rotatable bonds is 7. The summed E-state index contributed by atoms with van der Waals surface area (Å²) in [5, 5.41) is 7.59. The van der Waals surface area contributed by atoms with Crippen LogP contribution in [0, 0.1) is 0 Å². The van der Waals surface area contributed by atoms with E-state index in [0.29, 0.717) is 26.8 Å². The molecule has 0 saturated carbocycles. The van der Waals surface area contributed by atoms with Crippen LogP contribution in [0.25, 0.3) is 10.1 Å². The lowest BCUT2D eigenvalue weighted by atomic mass is 10.2. The number of amides is 2. The lowest BCUT2D eigenvalue weighted by Crippen LogP contribution is -2.34. The predicted octanol–water partition coefficient (Wildman–Crippen LogP) is 5.42. The third-order valence-corrected chi connectivity index (χ3v) is 6.93. The number of thiophene rings is 1. The first kappa shape index (κ1) is 24.6. The minimum atomic E-state index is -0.494. The van der Waals surface area contributed by atoms with Crippen molar-refractivity contribution in [1.82, 2.24) is 10.7 Å². The monoisotopic (exact) mass is 569 g/mol. The number of nitrogens with one attached hydrogen (secondary N) is 2. The van der Waals surface area contributed by atoms with E-state index in [-0.39, 0.29) is 6.54 Å². The highest BCUT2D eigenvalue weighted by molar-refractivity contribution is 9.10. The van der Waals surface area contributed by atoms with Gasteiger partial charge in [-0.1, -0.05) is 45.7 Å². The lowest BCUT2D eigenvalue weighted by molar-refractivity contribution is -0.120. The fourth-order valence-corrected chi connectivity index (χ4v) is 4.69. The molecule has 3 aromatic carbocycles. The predicted molar refractivity (Wildman–Crippen MR) is 140 cm³/mol. The second-order valence-electron chi connectivity index (χ2n) is 7.18. The summed E-state index contributed by atoms with van der Waals surface area (Å²) in [6.45, 7) is -0.258. The van der Waals surface area contributed by atoms with E-state index in [1.165, 1.54) is 17.6 Å². The van der Waals surface area contributed by atoms with E-state index < -0.39 is 17.8 Å².